The number of likely N-dealkylation sites (tertiary alicyclic amines) is 1. The Bertz CT molecular complexity index is 1280. The summed E-state index contributed by atoms with van der Waals surface area (Å²) in [5.74, 6) is -2.08. The highest BCUT2D eigenvalue weighted by Crippen LogP contribution is 2.39. The number of aliphatic hydroxyl groups excluding tert-OH is 1. The Balaban J connectivity index is 1.56. The van der Waals surface area contributed by atoms with Crippen LogP contribution in [-0.4, -0.2) is 47.6 Å². The minimum Gasteiger partial charge on any atom is -0.390 e. The van der Waals surface area contributed by atoms with Gasteiger partial charge in [-0.2, -0.15) is 0 Å². The van der Waals surface area contributed by atoms with E-state index >= 15 is 0 Å². The van der Waals surface area contributed by atoms with E-state index in [2.05, 4.69) is 29.7 Å². The van der Waals surface area contributed by atoms with Crippen LogP contribution in [0.3, 0.4) is 0 Å². The highest BCUT2D eigenvalue weighted by atomic mass is 19.1. The Hall–Kier alpha value is -3.62. The van der Waals surface area contributed by atoms with Gasteiger partial charge >= 0.3 is 0 Å². The molecule has 1 aliphatic rings. The van der Waals surface area contributed by atoms with Crippen LogP contribution >= 0.6 is 0 Å². The van der Waals surface area contributed by atoms with Crippen molar-refractivity contribution < 1.29 is 23.5 Å². The van der Waals surface area contributed by atoms with Gasteiger partial charge in [-0.3, -0.25) is 9.59 Å². The predicted octanol–water partition coefficient (Wildman–Crippen LogP) is 3.85. The van der Waals surface area contributed by atoms with Crippen molar-refractivity contribution in [3.05, 3.63) is 107 Å². The zero-order valence-electron chi connectivity index (χ0n) is 22.3. The minimum atomic E-state index is -1.25. The van der Waals surface area contributed by atoms with Crippen molar-refractivity contribution in [1.82, 2.24) is 15.5 Å². The number of amides is 2. The molecule has 0 aromatic heterocycles. The molecule has 0 spiro atoms. The van der Waals surface area contributed by atoms with Crippen molar-refractivity contribution >= 4 is 11.8 Å². The molecule has 6 nitrogen and oxygen atoms in total. The molecule has 2 amide bonds. The molecular formula is C31H35F2N3O3. The summed E-state index contributed by atoms with van der Waals surface area (Å²) in [7, 11) is 1.60. The minimum absolute atomic E-state index is 0.00286. The second-order valence-electron chi connectivity index (χ2n) is 10.1. The van der Waals surface area contributed by atoms with Crippen molar-refractivity contribution in [2.75, 3.05) is 13.6 Å². The Labute approximate surface area is 228 Å². The number of nitrogens with zero attached hydrogens (tertiary/aromatic N) is 1. The lowest BCUT2D eigenvalue weighted by Gasteiger charge is -2.37. The molecule has 0 radical (unpaired) electrons. The van der Waals surface area contributed by atoms with Crippen molar-refractivity contribution in [2.45, 2.75) is 56.8 Å². The maximum Gasteiger partial charge on any atom is 0.250 e. The molecule has 3 N–H and O–H groups in total. The predicted molar refractivity (Wildman–Crippen MR) is 146 cm³/mol. The third kappa shape index (κ3) is 6.52. The first kappa shape index (κ1) is 28.4. The van der Waals surface area contributed by atoms with Crippen molar-refractivity contribution in [1.29, 1.82) is 0 Å². The lowest BCUT2D eigenvalue weighted by atomic mass is 9.85. The van der Waals surface area contributed by atoms with Crippen LogP contribution in [0.2, 0.25) is 0 Å². The van der Waals surface area contributed by atoms with Gasteiger partial charge in [0.1, 0.15) is 17.2 Å². The lowest BCUT2D eigenvalue weighted by Crippen LogP contribution is -2.58. The second-order valence-corrected chi connectivity index (χ2v) is 10.1. The van der Waals surface area contributed by atoms with E-state index in [4.69, 9.17) is 0 Å². The zero-order valence-corrected chi connectivity index (χ0v) is 22.3. The summed E-state index contributed by atoms with van der Waals surface area (Å²) in [6, 6.07) is 19.4. The fraction of sp³-hybridized carbons (Fsp3) is 0.355. The Morgan fingerprint density at radius 3 is 2.33 bits per heavy atom. The van der Waals surface area contributed by atoms with Crippen LogP contribution in [0, 0.1) is 11.6 Å². The number of rotatable bonds is 11. The molecule has 3 aromatic rings. The van der Waals surface area contributed by atoms with E-state index in [9.17, 15) is 23.5 Å². The first-order valence-corrected chi connectivity index (χ1v) is 13.3. The maximum atomic E-state index is 14.0. The number of hydrogen-bond donors (Lipinski definition) is 3. The van der Waals surface area contributed by atoms with E-state index in [1.165, 1.54) is 22.6 Å². The third-order valence-corrected chi connectivity index (χ3v) is 7.52. The molecule has 1 aliphatic heterocycles. The van der Waals surface area contributed by atoms with Crippen LogP contribution in [0.25, 0.3) is 0 Å². The molecule has 206 valence electrons. The van der Waals surface area contributed by atoms with E-state index in [0.29, 0.717) is 17.7 Å². The van der Waals surface area contributed by atoms with Gasteiger partial charge in [-0.25, -0.2) is 8.78 Å². The molecule has 3 atom stereocenters. The zero-order chi connectivity index (χ0) is 28.0. The number of likely N-dealkylation sites (N-methyl/N-ethyl adjacent to an activating group) is 1. The molecule has 3 aromatic carbocycles. The molecule has 0 saturated carbocycles. The largest absolute Gasteiger partial charge is 0.390 e. The fourth-order valence-electron chi connectivity index (χ4n) is 5.30. The van der Waals surface area contributed by atoms with E-state index in [-0.39, 0.29) is 31.7 Å². The Morgan fingerprint density at radius 2 is 1.69 bits per heavy atom. The number of carbonyl (C=O) groups is 2. The van der Waals surface area contributed by atoms with Crippen molar-refractivity contribution in [2.24, 2.45) is 0 Å². The quantitative estimate of drug-likeness (QED) is 0.349. The molecular weight excluding hydrogens is 500 g/mol. The van der Waals surface area contributed by atoms with Crippen molar-refractivity contribution in [3.63, 3.8) is 0 Å². The first-order valence-electron chi connectivity index (χ1n) is 13.3. The van der Waals surface area contributed by atoms with Crippen LogP contribution in [-0.2, 0) is 34.5 Å². The molecule has 8 heteroatoms. The number of hydrogen-bond acceptors (Lipinski definition) is 4. The molecule has 1 unspecified atom stereocenters. The van der Waals surface area contributed by atoms with Crippen LogP contribution < -0.4 is 10.6 Å². The number of benzene rings is 3. The Kier molecular flexibility index (Phi) is 9.09. The van der Waals surface area contributed by atoms with Crippen LogP contribution in [0.5, 0.6) is 0 Å². The van der Waals surface area contributed by atoms with Gasteiger partial charge in [-0.05, 0) is 53.6 Å². The summed E-state index contributed by atoms with van der Waals surface area (Å²) in [4.78, 5) is 28.0. The number of aryl methyl sites for hydroxylation is 1. The average molecular weight is 536 g/mol. The summed E-state index contributed by atoms with van der Waals surface area (Å²) in [5.41, 5.74) is 1.97. The van der Waals surface area contributed by atoms with Crippen LogP contribution in [0.4, 0.5) is 8.78 Å². The molecule has 1 saturated heterocycles. The van der Waals surface area contributed by atoms with Gasteiger partial charge in [-0.1, -0.05) is 61.5 Å². The van der Waals surface area contributed by atoms with E-state index in [1.807, 2.05) is 18.2 Å². The molecule has 0 bridgehead atoms. The number of carbonyl (C=O) groups excluding carboxylic acids is 2. The van der Waals surface area contributed by atoms with Gasteiger partial charge in [-0.15, -0.1) is 0 Å². The monoisotopic (exact) mass is 535 g/mol. The van der Waals surface area contributed by atoms with Gasteiger partial charge in [0.25, 0.3) is 5.91 Å². The molecule has 39 heavy (non-hydrogen) atoms. The smallest absolute Gasteiger partial charge is 0.250 e. The second kappa shape index (κ2) is 12.5. The maximum absolute atomic E-state index is 14.0. The molecule has 0 aliphatic carbocycles. The summed E-state index contributed by atoms with van der Waals surface area (Å²) in [5, 5.41) is 17.4. The van der Waals surface area contributed by atoms with E-state index in [1.54, 1.807) is 31.3 Å². The summed E-state index contributed by atoms with van der Waals surface area (Å²) >= 11 is 0. The summed E-state index contributed by atoms with van der Waals surface area (Å²) in [6.07, 6.45) is 0.317. The first-order chi connectivity index (χ1) is 18.7. The third-order valence-electron chi connectivity index (χ3n) is 7.52. The molecule has 1 fully saturated rings. The normalized spacial score (nSPS) is 18.7. The fourth-order valence-corrected chi connectivity index (χ4v) is 5.30. The van der Waals surface area contributed by atoms with Crippen LogP contribution in [0.1, 0.15) is 42.0 Å². The van der Waals surface area contributed by atoms with Crippen LogP contribution in [0.15, 0.2) is 72.8 Å². The topological polar surface area (TPSA) is 81.7 Å². The highest BCUT2D eigenvalue weighted by Gasteiger charge is 2.51. The van der Waals surface area contributed by atoms with Gasteiger partial charge in [0.05, 0.1) is 12.1 Å². The van der Waals surface area contributed by atoms with Gasteiger partial charge in [0, 0.05) is 32.6 Å². The summed E-state index contributed by atoms with van der Waals surface area (Å²) < 4.78 is 27.9. The number of halogens is 2. The van der Waals surface area contributed by atoms with E-state index in [0.717, 1.165) is 18.1 Å². The van der Waals surface area contributed by atoms with Gasteiger partial charge in [0.2, 0.25) is 5.91 Å². The standard InChI is InChI=1S/C31H35F2N3O3/c1-3-21-8-7-9-22(14-21)19-34-20-28(37)27(17-23-15-25(32)18-26(33)16-23)35-30(39)31(13-12-29(38)36(31)2)24-10-5-4-6-11-24/h4-11,14-16,18,27-28,34,37H,3,12-13,17,19-20H2,1-2H3,(H,35,39)/t27-,28+,31?/m1/s1. The van der Waals surface area contributed by atoms with Gasteiger partial charge < -0.3 is 20.6 Å². The average Bonchev–Trinajstić information content (AvgIpc) is 3.23. The molecule has 1 heterocycles. The van der Waals surface area contributed by atoms with Crippen molar-refractivity contribution in [3.8, 4) is 0 Å². The lowest BCUT2D eigenvalue weighted by molar-refractivity contribution is -0.141. The van der Waals surface area contributed by atoms with Gasteiger partial charge in [0.15, 0.2) is 0 Å². The highest BCUT2D eigenvalue weighted by molar-refractivity contribution is 5.95. The molecule has 4 rings (SSSR count). The number of nitrogens with one attached hydrogen (secondary N) is 2. The summed E-state index contributed by atoms with van der Waals surface area (Å²) in [6.45, 7) is 2.72. The Morgan fingerprint density at radius 1 is 1.00 bits per heavy atom. The van der Waals surface area contributed by atoms with E-state index < -0.39 is 35.2 Å². The number of aliphatic hydroxyl groups is 1. The SMILES string of the molecule is CCc1cccc(CNC[C@H](O)[C@@H](Cc2cc(F)cc(F)c2)NC(=O)C2(c3ccccc3)CCC(=O)N2C)c1.